The number of fused-ring (bicyclic) bond motifs is 1. The zero-order valence-electron chi connectivity index (χ0n) is 14.8. The number of carbonyl (C=O) groups is 1. The number of aromatic hydroxyl groups is 1. The van der Waals surface area contributed by atoms with Crippen molar-refractivity contribution >= 4 is 24.0 Å². The van der Waals surface area contributed by atoms with Gasteiger partial charge < -0.3 is 24.9 Å². The Balaban J connectivity index is 2.15. The van der Waals surface area contributed by atoms with Crippen molar-refractivity contribution in [3.05, 3.63) is 61.8 Å². The lowest BCUT2D eigenvalue weighted by atomic mass is 9.82. The van der Waals surface area contributed by atoms with E-state index in [1.165, 1.54) is 19.2 Å². The van der Waals surface area contributed by atoms with Gasteiger partial charge in [0.05, 0.1) is 23.7 Å². The fraction of sp³-hybridized carbons (Fsp3) is 0.278. The first-order valence-corrected chi connectivity index (χ1v) is 8.62. The number of benzene rings is 1. The summed E-state index contributed by atoms with van der Waals surface area (Å²) in [7, 11) is 1.51. The number of carbonyl (C=O) groups excluding carboxylic acids is 1. The first kappa shape index (κ1) is 18.9. The Morgan fingerprint density at radius 3 is 2.59 bits per heavy atom. The van der Waals surface area contributed by atoms with Gasteiger partial charge in [0.2, 0.25) is 0 Å². The normalized spacial score (nSPS) is 15.9. The zero-order chi connectivity index (χ0) is 19.6. The molecule has 1 aliphatic heterocycles. The summed E-state index contributed by atoms with van der Waals surface area (Å²) in [5.41, 5.74) is 1.41. The molecule has 0 unspecified atom stereocenters. The number of anilines is 1. The standard InChI is InChI=1S/C18H19N3O5S/c1-9-12(17(24)26-8-7-25-2)13(10-3-5-11(22)6-4-10)14-15(19-9)20-18(27)21-16(14)23/h3-6,13,22H,7-8H2,1-2H3,(H3,19,20,21,23,27)/t13-/m1/s1. The molecule has 0 radical (unpaired) electrons. The summed E-state index contributed by atoms with van der Waals surface area (Å²) in [5.74, 6) is -0.734. The number of nitrogens with one attached hydrogen (secondary N) is 3. The van der Waals surface area contributed by atoms with Crippen molar-refractivity contribution in [3.8, 4) is 5.75 Å². The topological polar surface area (TPSA) is 116 Å². The second-order valence-electron chi connectivity index (χ2n) is 6.01. The number of phenols is 1. The third-order valence-electron chi connectivity index (χ3n) is 4.24. The summed E-state index contributed by atoms with van der Waals surface area (Å²) in [6.45, 7) is 2.08. The molecular weight excluding hydrogens is 370 g/mol. The molecule has 0 amide bonds. The van der Waals surface area contributed by atoms with Crippen LogP contribution in [0.25, 0.3) is 0 Å². The molecule has 2 heterocycles. The molecule has 142 valence electrons. The predicted molar refractivity (Wildman–Crippen MR) is 101 cm³/mol. The molecule has 9 heteroatoms. The average Bonchev–Trinajstić information content (AvgIpc) is 2.61. The third kappa shape index (κ3) is 3.79. The van der Waals surface area contributed by atoms with E-state index in [1.807, 2.05) is 0 Å². The summed E-state index contributed by atoms with van der Waals surface area (Å²) < 4.78 is 10.4. The zero-order valence-corrected chi connectivity index (χ0v) is 15.6. The minimum absolute atomic E-state index is 0.0826. The Kier molecular flexibility index (Phi) is 5.43. The van der Waals surface area contributed by atoms with Gasteiger partial charge in [0.15, 0.2) is 4.77 Å². The van der Waals surface area contributed by atoms with E-state index in [9.17, 15) is 14.7 Å². The molecule has 0 aliphatic carbocycles. The van der Waals surface area contributed by atoms with Crippen LogP contribution in [0.2, 0.25) is 0 Å². The van der Waals surface area contributed by atoms with Crippen molar-refractivity contribution in [3.63, 3.8) is 0 Å². The number of ether oxygens (including phenoxy) is 2. The van der Waals surface area contributed by atoms with E-state index < -0.39 is 17.4 Å². The van der Waals surface area contributed by atoms with Crippen LogP contribution >= 0.6 is 12.2 Å². The molecule has 27 heavy (non-hydrogen) atoms. The highest BCUT2D eigenvalue weighted by atomic mass is 32.1. The summed E-state index contributed by atoms with van der Waals surface area (Å²) in [5, 5.41) is 12.6. The minimum atomic E-state index is -0.688. The second-order valence-corrected chi connectivity index (χ2v) is 6.42. The maximum Gasteiger partial charge on any atom is 0.336 e. The van der Waals surface area contributed by atoms with Gasteiger partial charge in [0.1, 0.15) is 18.2 Å². The quantitative estimate of drug-likeness (QED) is 0.352. The summed E-state index contributed by atoms with van der Waals surface area (Å²) in [6, 6.07) is 6.32. The number of allylic oxidation sites excluding steroid dienone is 1. The Morgan fingerprint density at radius 2 is 1.93 bits per heavy atom. The number of rotatable bonds is 5. The van der Waals surface area contributed by atoms with Crippen LogP contribution in [0.1, 0.15) is 24.0 Å². The van der Waals surface area contributed by atoms with Crippen molar-refractivity contribution in [1.82, 2.24) is 9.97 Å². The van der Waals surface area contributed by atoms with Crippen LogP contribution in [0.5, 0.6) is 5.75 Å². The van der Waals surface area contributed by atoms with Gasteiger partial charge in [0.25, 0.3) is 5.56 Å². The first-order chi connectivity index (χ1) is 12.9. The molecule has 0 saturated carbocycles. The summed E-state index contributed by atoms with van der Waals surface area (Å²) in [4.78, 5) is 30.9. The maximum absolute atomic E-state index is 12.8. The number of phenolic OH excluding ortho intramolecular Hbond substituents is 1. The lowest BCUT2D eigenvalue weighted by Crippen LogP contribution is -2.31. The molecule has 0 bridgehead atoms. The highest BCUT2D eigenvalue weighted by Crippen LogP contribution is 2.39. The second kappa shape index (κ2) is 7.77. The van der Waals surface area contributed by atoms with E-state index in [0.717, 1.165) is 0 Å². The molecule has 2 aromatic rings. The van der Waals surface area contributed by atoms with Crippen molar-refractivity contribution in [1.29, 1.82) is 0 Å². The van der Waals surface area contributed by atoms with Crippen molar-refractivity contribution < 1.29 is 19.4 Å². The smallest absolute Gasteiger partial charge is 0.336 e. The van der Waals surface area contributed by atoms with E-state index in [-0.39, 0.29) is 23.7 Å². The van der Waals surface area contributed by atoms with E-state index in [1.54, 1.807) is 19.1 Å². The van der Waals surface area contributed by atoms with Crippen LogP contribution in [0.4, 0.5) is 5.82 Å². The van der Waals surface area contributed by atoms with Gasteiger partial charge >= 0.3 is 5.97 Å². The molecule has 1 aromatic carbocycles. The number of esters is 1. The highest BCUT2D eigenvalue weighted by molar-refractivity contribution is 7.71. The number of methoxy groups -OCH3 is 1. The van der Waals surface area contributed by atoms with E-state index >= 15 is 0 Å². The number of aromatic amines is 2. The van der Waals surface area contributed by atoms with Gasteiger partial charge in [-0.2, -0.15) is 0 Å². The monoisotopic (exact) mass is 389 g/mol. The Bertz CT molecular complexity index is 1010. The summed E-state index contributed by atoms with van der Waals surface area (Å²) >= 11 is 5.04. The fourth-order valence-corrected chi connectivity index (χ4v) is 3.25. The SMILES string of the molecule is COCCOC(=O)C1=C(C)Nc2[nH]c(=S)[nH]c(=O)c2[C@@H]1c1ccc(O)cc1. The Labute approximate surface area is 159 Å². The molecule has 3 rings (SSSR count). The van der Waals surface area contributed by atoms with Gasteiger partial charge in [-0.15, -0.1) is 0 Å². The van der Waals surface area contributed by atoms with Gasteiger partial charge in [-0.1, -0.05) is 12.1 Å². The summed E-state index contributed by atoms with van der Waals surface area (Å²) in [6.07, 6.45) is 0. The van der Waals surface area contributed by atoms with Crippen LogP contribution in [0.15, 0.2) is 40.3 Å². The molecule has 8 nitrogen and oxygen atoms in total. The van der Waals surface area contributed by atoms with Crippen molar-refractivity contribution in [2.24, 2.45) is 0 Å². The lowest BCUT2D eigenvalue weighted by Gasteiger charge is -2.29. The van der Waals surface area contributed by atoms with E-state index in [0.29, 0.717) is 28.2 Å². The number of hydrogen-bond donors (Lipinski definition) is 4. The molecule has 4 N–H and O–H groups in total. The first-order valence-electron chi connectivity index (χ1n) is 8.21. The molecule has 1 aliphatic rings. The molecule has 1 atom stereocenters. The van der Waals surface area contributed by atoms with Gasteiger partial charge in [0, 0.05) is 12.8 Å². The van der Waals surface area contributed by atoms with E-state index in [2.05, 4.69) is 15.3 Å². The molecule has 0 fully saturated rings. The Morgan fingerprint density at radius 1 is 1.22 bits per heavy atom. The van der Waals surface area contributed by atoms with Crippen LogP contribution in [-0.2, 0) is 14.3 Å². The van der Waals surface area contributed by atoms with Crippen molar-refractivity contribution in [2.45, 2.75) is 12.8 Å². The third-order valence-corrected chi connectivity index (χ3v) is 4.44. The Hall–Kier alpha value is -2.91. The van der Waals surface area contributed by atoms with Crippen LogP contribution in [0.3, 0.4) is 0 Å². The lowest BCUT2D eigenvalue weighted by molar-refractivity contribution is -0.140. The molecule has 1 aromatic heterocycles. The van der Waals surface area contributed by atoms with Crippen LogP contribution in [-0.4, -0.2) is 41.4 Å². The van der Waals surface area contributed by atoms with Crippen molar-refractivity contribution in [2.75, 3.05) is 25.6 Å². The van der Waals surface area contributed by atoms with E-state index in [4.69, 9.17) is 21.7 Å². The van der Waals surface area contributed by atoms with Gasteiger partial charge in [-0.05, 0) is 36.8 Å². The number of hydrogen-bond acceptors (Lipinski definition) is 7. The molecular formula is C18H19N3O5S. The average molecular weight is 389 g/mol. The van der Waals surface area contributed by atoms with Gasteiger partial charge in [-0.3, -0.25) is 9.78 Å². The molecule has 0 spiro atoms. The minimum Gasteiger partial charge on any atom is -0.508 e. The van der Waals surface area contributed by atoms with Crippen LogP contribution < -0.4 is 10.9 Å². The van der Waals surface area contributed by atoms with Crippen LogP contribution in [0, 0.1) is 4.77 Å². The predicted octanol–water partition coefficient (Wildman–Crippen LogP) is 2.16. The maximum atomic E-state index is 12.8. The molecule has 0 saturated heterocycles. The largest absolute Gasteiger partial charge is 0.508 e. The highest BCUT2D eigenvalue weighted by Gasteiger charge is 2.35. The van der Waals surface area contributed by atoms with Gasteiger partial charge in [-0.25, -0.2) is 4.79 Å². The number of H-pyrrole nitrogens is 2. The fourth-order valence-electron chi connectivity index (χ4n) is 3.05. The number of aromatic nitrogens is 2.